The zero-order chi connectivity index (χ0) is 20.1. The molecule has 0 amide bonds. The summed E-state index contributed by atoms with van der Waals surface area (Å²) in [5, 5.41) is 0. The molecule has 0 aromatic heterocycles. The predicted molar refractivity (Wildman–Crippen MR) is 123 cm³/mol. The molecule has 0 rings (SSSR count). The van der Waals surface area contributed by atoms with Gasteiger partial charge in [0.25, 0.3) is 0 Å². The highest BCUT2D eigenvalue weighted by atomic mass is 28.4. The molecule has 27 heavy (non-hydrogen) atoms. The number of rotatable bonds is 20. The predicted octanol–water partition coefficient (Wildman–Crippen LogP) is 9.03. The quantitative estimate of drug-likeness (QED) is 0.116. The van der Waals surface area contributed by atoms with Crippen molar-refractivity contribution in [3.05, 3.63) is 24.7 Å². The van der Waals surface area contributed by atoms with Gasteiger partial charge >= 0.3 is 8.56 Å². The van der Waals surface area contributed by atoms with Crippen molar-refractivity contribution < 1.29 is 8.85 Å². The summed E-state index contributed by atoms with van der Waals surface area (Å²) in [5.41, 5.74) is 0. The first kappa shape index (κ1) is 26.3. The van der Waals surface area contributed by atoms with Gasteiger partial charge in [-0.05, 0) is 38.5 Å². The molecule has 0 atom stereocenters. The maximum Gasteiger partial charge on any atom is 0.459 e. The second-order valence-corrected chi connectivity index (χ2v) is 11.1. The average molecular weight is 397 g/mol. The molecule has 0 spiro atoms. The highest BCUT2D eigenvalue weighted by Gasteiger charge is 2.38. The minimum absolute atomic E-state index is 1.10. The smallest absolute Gasteiger partial charge is 0.459 e. The molecule has 0 aromatic carbocycles. The van der Waals surface area contributed by atoms with Crippen molar-refractivity contribution in [2.75, 3.05) is 0 Å². The molecule has 160 valence electrons. The van der Waals surface area contributed by atoms with Crippen LogP contribution in [0.2, 0.25) is 12.1 Å². The summed E-state index contributed by atoms with van der Waals surface area (Å²) in [6, 6.07) is 2.20. The lowest BCUT2D eigenvalue weighted by molar-refractivity contribution is 0.295. The normalized spacial score (nSPS) is 12.3. The average Bonchev–Trinajstić information content (AvgIpc) is 2.69. The topological polar surface area (TPSA) is 18.5 Å². The maximum absolute atomic E-state index is 6.37. The molecule has 0 fully saturated rings. The third-order valence-electron chi connectivity index (χ3n) is 5.03. The third kappa shape index (κ3) is 16.0. The van der Waals surface area contributed by atoms with Crippen LogP contribution in [-0.2, 0) is 8.85 Å². The van der Waals surface area contributed by atoms with Crippen molar-refractivity contribution in [2.45, 2.75) is 130 Å². The Balaban J connectivity index is 4.59. The van der Waals surface area contributed by atoms with Crippen LogP contribution in [0.3, 0.4) is 0 Å². The lowest BCUT2D eigenvalue weighted by Crippen LogP contribution is -2.39. The lowest BCUT2D eigenvalue weighted by atomic mass is 10.2. The fourth-order valence-electron chi connectivity index (χ4n) is 3.14. The fourth-order valence-corrected chi connectivity index (χ4v) is 6.39. The fraction of sp³-hybridized carbons (Fsp3) is 0.833. The first-order chi connectivity index (χ1) is 13.2. The Morgan fingerprint density at radius 2 is 0.926 bits per heavy atom. The van der Waals surface area contributed by atoms with Crippen LogP contribution in [0.15, 0.2) is 24.7 Å². The molecule has 0 aromatic rings. The van der Waals surface area contributed by atoms with E-state index in [4.69, 9.17) is 8.85 Å². The van der Waals surface area contributed by atoms with Crippen LogP contribution in [0.5, 0.6) is 0 Å². The van der Waals surface area contributed by atoms with E-state index in [9.17, 15) is 0 Å². The number of allylic oxidation sites excluding steroid dienone is 2. The summed E-state index contributed by atoms with van der Waals surface area (Å²) in [7, 11) is -2.16. The monoisotopic (exact) mass is 396 g/mol. The number of hydrogen-bond acceptors (Lipinski definition) is 2. The number of hydrogen-bond donors (Lipinski definition) is 0. The van der Waals surface area contributed by atoms with Gasteiger partial charge < -0.3 is 8.85 Å². The van der Waals surface area contributed by atoms with E-state index in [0.29, 0.717) is 0 Å². The van der Waals surface area contributed by atoms with E-state index in [1.807, 2.05) is 12.5 Å². The largest absolute Gasteiger partial charge is 0.519 e. The van der Waals surface area contributed by atoms with Gasteiger partial charge in [-0.15, -0.1) is 0 Å². The Morgan fingerprint density at radius 1 is 0.519 bits per heavy atom. The summed E-state index contributed by atoms with van der Waals surface area (Å²) in [5.74, 6) is 0. The standard InChI is InChI=1S/C24H48O2Si/c1-5-9-13-15-17-19-21-25-27(23-11-7-3,24-12-8-4)26-22-20-18-16-14-10-6-2/h19-22H,5-18,23-24H2,1-4H3. The molecule has 3 heteroatoms. The van der Waals surface area contributed by atoms with E-state index in [-0.39, 0.29) is 0 Å². The van der Waals surface area contributed by atoms with Crippen LogP contribution in [0.25, 0.3) is 0 Å². The van der Waals surface area contributed by atoms with Gasteiger partial charge in [-0.25, -0.2) is 0 Å². The van der Waals surface area contributed by atoms with Crippen LogP contribution >= 0.6 is 0 Å². The van der Waals surface area contributed by atoms with E-state index >= 15 is 0 Å². The van der Waals surface area contributed by atoms with Gasteiger partial charge in [0.2, 0.25) is 0 Å². The van der Waals surface area contributed by atoms with Crippen molar-refractivity contribution >= 4 is 8.56 Å². The van der Waals surface area contributed by atoms with Crippen LogP contribution in [-0.4, -0.2) is 8.56 Å². The Morgan fingerprint density at radius 3 is 1.30 bits per heavy atom. The molecule has 0 saturated carbocycles. The van der Waals surface area contributed by atoms with E-state index in [1.54, 1.807) is 0 Å². The van der Waals surface area contributed by atoms with Crippen molar-refractivity contribution in [2.24, 2.45) is 0 Å². The minimum atomic E-state index is -2.16. The SMILES string of the molecule is CCCCCCC=CO[Si](CCCC)(CCCC)OC=CCCCCCC. The molecule has 0 radical (unpaired) electrons. The van der Waals surface area contributed by atoms with Gasteiger partial charge in [0, 0.05) is 12.1 Å². The van der Waals surface area contributed by atoms with Gasteiger partial charge in [0.05, 0.1) is 12.5 Å². The molecule has 0 unspecified atom stereocenters. The molecule has 0 aliphatic carbocycles. The van der Waals surface area contributed by atoms with Crippen LogP contribution in [0, 0.1) is 0 Å². The Kier molecular flexibility index (Phi) is 19.5. The highest BCUT2D eigenvalue weighted by Crippen LogP contribution is 2.26. The molecule has 0 bridgehead atoms. The van der Waals surface area contributed by atoms with E-state index < -0.39 is 8.56 Å². The lowest BCUT2D eigenvalue weighted by Gasteiger charge is -2.28. The summed E-state index contributed by atoms with van der Waals surface area (Å²) < 4.78 is 12.7. The van der Waals surface area contributed by atoms with Crippen molar-refractivity contribution in [3.63, 3.8) is 0 Å². The molecule has 0 saturated heterocycles. The van der Waals surface area contributed by atoms with Crippen molar-refractivity contribution in [3.8, 4) is 0 Å². The summed E-state index contributed by atoms with van der Waals surface area (Å²) >= 11 is 0. The molecule has 0 aliphatic heterocycles. The van der Waals surface area contributed by atoms with Gasteiger partial charge in [-0.3, -0.25) is 0 Å². The molecule has 0 heterocycles. The maximum atomic E-state index is 6.37. The third-order valence-corrected chi connectivity index (χ3v) is 8.39. The molecule has 0 aliphatic rings. The van der Waals surface area contributed by atoms with Crippen LogP contribution in [0.4, 0.5) is 0 Å². The Bertz CT molecular complexity index is 318. The van der Waals surface area contributed by atoms with Gasteiger partial charge in [-0.2, -0.15) is 0 Å². The zero-order valence-corrected chi connectivity index (χ0v) is 19.9. The first-order valence-electron chi connectivity index (χ1n) is 11.9. The van der Waals surface area contributed by atoms with Crippen LogP contribution < -0.4 is 0 Å². The number of unbranched alkanes of at least 4 members (excludes halogenated alkanes) is 10. The van der Waals surface area contributed by atoms with Gasteiger partial charge in [-0.1, -0.05) is 91.2 Å². The van der Waals surface area contributed by atoms with Crippen molar-refractivity contribution in [1.82, 2.24) is 0 Å². The van der Waals surface area contributed by atoms with E-state index in [2.05, 4.69) is 39.8 Å². The highest BCUT2D eigenvalue weighted by molar-refractivity contribution is 6.67. The molecular weight excluding hydrogens is 348 g/mol. The van der Waals surface area contributed by atoms with Crippen molar-refractivity contribution in [1.29, 1.82) is 0 Å². The molecule has 2 nitrogen and oxygen atoms in total. The molecule has 0 N–H and O–H groups in total. The summed E-state index contributed by atoms with van der Waals surface area (Å²) in [4.78, 5) is 0. The summed E-state index contributed by atoms with van der Waals surface area (Å²) in [6.07, 6.45) is 25.9. The zero-order valence-electron chi connectivity index (χ0n) is 18.9. The van der Waals surface area contributed by atoms with Gasteiger partial charge in [0.1, 0.15) is 0 Å². The summed E-state index contributed by atoms with van der Waals surface area (Å²) in [6.45, 7) is 9.03. The van der Waals surface area contributed by atoms with E-state index in [0.717, 1.165) is 24.9 Å². The second kappa shape index (κ2) is 20.0. The van der Waals surface area contributed by atoms with E-state index in [1.165, 1.54) is 77.0 Å². The minimum Gasteiger partial charge on any atom is -0.519 e. The Hall–Kier alpha value is -0.703. The van der Waals surface area contributed by atoms with Crippen LogP contribution in [0.1, 0.15) is 118 Å². The first-order valence-corrected chi connectivity index (χ1v) is 14.1. The second-order valence-electron chi connectivity index (χ2n) is 7.80. The molecular formula is C24H48O2Si. The van der Waals surface area contributed by atoms with Gasteiger partial charge in [0.15, 0.2) is 0 Å². The Labute approximate surface area is 172 Å².